The number of aryl methyl sites for hydroxylation is 2. The molecule has 0 spiro atoms. The van der Waals surface area contributed by atoms with E-state index in [-0.39, 0.29) is 6.54 Å². The first-order valence-corrected chi connectivity index (χ1v) is 9.05. The summed E-state index contributed by atoms with van der Waals surface area (Å²) < 4.78 is 27.2. The molecule has 1 aliphatic rings. The van der Waals surface area contributed by atoms with Crippen molar-refractivity contribution in [3.05, 3.63) is 45.6 Å². The molecule has 0 amide bonds. The topological polar surface area (TPSA) is 74.7 Å². The smallest absolute Gasteiger partial charge is 0.312 e. The number of benzene rings is 1. The maximum absolute atomic E-state index is 13.0. The number of sulfonamides is 1. The Morgan fingerprint density at radius 1 is 1.32 bits per heavy atom. The van der Waals surface area contributed by atoms with E-state index in [1.807, 2.05) is 0 Å². The first kappa shape index (κ1) is 15.1. The fraction of sp³-hybridized carbons (Fsp3) is 0.267. The molecule has 116 valence electrons. The van der Waals surface area contributed by atoms with Crippen molar-refractivity contribution < 1.29 is 18.3 Å². The number of nitrogens with zero attached hydrogens (tertiary/aromatic N) is 1. The first-order chi connectivity index (χ1) is 10.3. The van der Waals surface area contributed by atoms with Crippen molar-refractivity contribution in [3.8, 4) is 0 Å². The summed E-state index contributed by atoms with van der Waals surface area (Å²) >= 11 is 1.38. The number of carbonyl (C=O) groups is 1. The van der Waals surface area contributed by atoms with E-state index in [2.05, 4.69) is 0 Å². The molecule has 22 heavy (non-hydrogen) atoms. The molecule has 5 nitrogen and oxygen atoms in total. The molecular formula is C15H15NO4S2. The Kier molecular flexibility index (Phi) is 3.49. The second-order valence-electron chi connectivity index (χ2n) is 5.29. The van der Waals surface area contributed by atoms with Gasteiger partial charge in [0.25, 0.3) is 10.0 Å². The van der Waals surface area contributed by atoms with E-state index in [9.17, 15) is 18.3 Å². The van der Waals surface area contributed by atoms with E-state index in [4.69, 9.17) is 0 Å². The van der Waals surface area contributed by atoms with E-state index in [0.29, 0.717) is 26.6 Å². The normalized spacial score (nSPS) is 17.5. The summed E-state index contributed by atoms with van der Waals surface area (Å²) in [7, 11) is -3.76. The van der Waals surface area contributed by atoms with Crippen LogP contribution in [0.3, 0.4) is 0 Å². The van der Waals surface area contributed by atoms with Crippen LogP contribution in [0.1, 0.15) is 21.9 Å². The lowest BCUT2D eigenvalue weighted by molar-refractivity contribution is -0.138. The predicted molar refractivity (Wildman–Crippen MR) is 85.1 cm³/mol. The highest BCUT2D eigenvalue weighted by Gasteiger charge is 2.40. The van der Waals surface area contributed by atoms with Crippen molar-refractivity contribution in [2.75, 3.05) is 10.8 Å². The van der Waals surface area contributed by atoms with Crippen LogP contribution in [0.5, 0.6) is 0 Å². The summed E-state index contributed by atoms with van der Waals surface area (Å²) in [5.41, 5.74) is 1.70. The van der Waals surface area contributed by atoms with Gasteiger partial charge in [0.2, 0.25) is 0 Å². The molecule has 1 atom stereocenters. The van der Waals surface area contributed by atoms with Crippen molar-refractivity contribution in [2.24, 2.45) is 0 Å². The monoisotopic (exact) mass is 337 g/mol. The van der Waals surface area contributed by atoms with Crippen molar-refractivity contribution >= 4 is 33.0 Å². The molecule has 0 fully saturated rings. The van der Waals surface area contributed by atoms with Crippen LogP contribution < -0.4 is 4.31 Å². The van der Waals surface area contributed by atoms with E-state index in [1.54, 1.807) is 43.5 Å². The van der Waals surface area contributed by atoms with Gasteiger partial charge in [-0.15, -0.1) is 11.3 Å². The number of thiophene rings is 1. The zero-order valence-electron chi connectivity index (χ0n) is 12.1. The molecule has 2 heterocycles. The summed E-state index contributed by atoms with van der Waals surface area (Å²) in [6.45, 7) is 3.46. The van der Waals surface area contributed by atoms with Crippen molar-refractivity contribution in [1.29, 1.82) is 0 Å². The minimum absolute atomic E-state index is 0.0638. The van der Waals surface area contributed by atoms with Crippen LogP contribution in [-0.4, -0.2) is 26.0 Å². The summed E-state index contributed by atoms with van der Waals surface area (Å²) in [6.07, 6.45) is 0. The fourth-order valence-electron chi connectivity index (χ4n) is 2.87. The van der Waals surface area contributed by atoms with Crippen LogP contribution in [0.4, 0.5) is 5.69 Å². The van der Waals surface area contributed by atoms with Crippen LogP contribution in [-0.2, 0) is 14.8 Å². The lowest BCUT2D eigenvalue weighted by Crippen LogP contribution is -2.31. The van der Waals surface area contributed by atoms with Gasteiger partial charge in [-0.3, -0.25) is 9.10 Å². The SMILES string of the molecule is Cc1csc(C)c1S(=O)(=O)N1CC(C(=O)O)c2ccccc21. The zero-order chi connectivity index (χ0) is 16.1. The minimum atomic E-state index is -3.76. The summed E-state index contributed by atoms with van der Waals surface area (Å²) in [6, 6.07) is 6.79. The van der Waals surface area contributed by atoms with Crippen LogP contribution in [0, 0.1) is 13.8 Å². The maximum atomic E-state index is 13.0. The number of hydrogen-bond donors (Lipinski definition) is 1. The lowest BCUT2D eigenvalue weighted by Gasteiger charge is -2.20. The Hall–Kier alpha value is -1.86. The number of para-hydroxylation sites is 1. The molecule has 1 aromatic heterocycles. The number of carboxylic acid groups (broad SMARTS) is 1. The van der Waals surface area contributed by atoms with Crippen LogP contribution >= 0.6 is 11.3 Å². The molecule has 0 aliphatic carbocycles. The molecule has 1 N–H and O–H groups in total. The van der Waals surface area contributed by atoms with Gasteiger partial charge in [-0.25, -0.2) is 8.42 Å². The van der Waals surface area contributed by atoms with Gasteiger partial charge < -0.3 is 5.11 Å². The molecule has 1 aromatic carbocycles. The van der Waals surface area contributed by atoms with Crippen LogP contribution in [0.15, 0.2) is 34.5 Å². The molecule has 3 rings (SSSR count). The van der Waals surface area contributed by atoms with E-state index < -0.39 is 21.9 Å². The molecule has 0 radical (unpaired) electrons. The van der Waals surface area contributed by atoms with Crippen molar-refractivity contribution in [1.82, 2.24) is 0 Å². The van der Waals surface area contributed by atoms with Gasteiger partial charge in [0.05, 0.1) is 12.2 Å². The predicted octanol–water partition coefficient (Wildman–Crippen LogP) is 2.74. The fourth-order valence-corrected chi connectivity index (χ4v) is 5.96. The number of anilines is 1. The molecule has 0 saturated carbocycles. The molecule has 1 aliphatic heterocycles. The van der Waals surface area contributed by atoms with E-state index >= 15 is 0 Å². The average Bonchev–Trinajstić information content (AvgIpc) is 3.00. The quantitative estimate of drug-likeness (QED) is 0.934. The lowest BCUT2D eigenvalue weighted by atomic mass is 10.0. The van der Waals surface area contributed by atoms with Gasteiger partial charge in [0, 0.05) is 4.88 Å². The maximum Gasteiger partial charge on any atom is 0.312 e. The van der Waals surface area contributed by atoms with E-state index in [1.165, 1.54) is 15.6 Å². The molecule has 0 saturated heterocycles. The molecule has 7 heteroatoms. The van der Waals surface area contributed by atoms with Gasteiger partial charge in [-0.2, -0.15) is 0 Å². The Morgan fingerprint density at radius 2 is 2.00 bits per heavy atom. The Morgan fingerprint density at radius 3 is 2.59 bits per heavy atom. The minimum Gasteiger partial charge on any atom is -0.481 e. The van der Waals surface area contributed by atoms with Gasteiger partial charge in [0.1, 0.15) is 10.8 Å². The number of carboxylic acids is 1. The third-order valence-electron chi connectivity index (χ3n) is 3.87. The highest BCUT2D eigenvalue weighted by molar-refractivity contribution is 7.93. The van der Waals surface area contributed by atoms with Gasteiger partial charge in [0.15, 0.2) is 0 Å². The van der Waals surface area contributed by atoms with Crippen LogP contribution in [0.2, 0.25) is 0 Å². The van der Waals surface area contributed by atoms with Crippen molar-refractivity contribution in [2.45, 2.75) is 24.7 Å². The summed E-state index contributed by atoms with van der Waals surface area (Å²) in [5, 5.41) is 11.2. The largest absolute Gasteiger partial charge is 0.481 e. The highest BCUT2D eigenvalue weighted by Crippen LogP contribution is 2.41. The third-order valence-corrected chi connectivity index (χ3v) is 7.09. The van der Waals surface area contributed by atoms with Crippen LogP contribution in [0.25, 0.3) is 0 Å². The second kappa shape index (κ2) is 5.10. The summed E-state index contributed by atoms with van der Waals surface area (Å²) in [5.74, 6) is -1.84. The Labute approximate surface area is 132 Å². The zero-order valence-corrected chi connectivity index (χ0v) is 13.7. The Balaban J connectivity index is 2.16. The number of hydrogen-bond acceptors (Lipinski definition) is 4. The standard InChI is InChI=1S/C15H15NO4S2/c1-9-8-21-10(2)14(9)22(19,20)16-7-12(15(17)18)11-5-3-4-6-13(11)16/h3-6,8,12H,7H2,1-2H3,(H,17,18). The molecule has 0 bridgehead atoms. The first-order valence-electron chi connectivity index (χ1n) is 6.73. The van der Waals surface area contributed by atoms with Crippen molar-refractivity contribution in [3.63, 3.8) is 0 Å². The number of fused-ring (bicyclic) bond motifs is 1. The number of rotatable bonds is 3. The Bertz CT molecular complexity index is 835. The highest BCUT2D eigenvalue weighted by atomic mass is 32.2. The third kappa shape index (κ3) is 2.12. The summed E-state index contributed by atoms with van der Waals surface area (Å²) in [4.78, 5) is 12.4. The second-order valence-corrected chi connectivity index (χ2v) is 8.17. The average molecular weight is 337 g/mol. The van der Waals surface area contributed by atoms with Gasteiger partial charge in [-0.05, 0) is 36.4 Å². The number of aliphatic carboxylic acids is 1. The molecular weight excluding hydrogens is 322 g/mol. The van der Waals surface area contributed by atoms with Gasteiger partial charge in [-0.1, -0.05) is 18.2 Å². The molecule has 1 unspecified atom stereocenters. The van der Waals surface area contributed by atoms with Gasteiger partial charge >= 0.3 is 5.97 Å². The van der Waals surface area contributed by atoms with E-state index in [0.717, 1.165) is 0 Å². The molecule has 2 aromatic rings.